The zero-order valence-corrected chi connectivity index (χ0v) is 9.57. The summed E-state index contributed by atoms with van der Waals surface area (Å²) in [6, 6.07) is 7.50. The summed E-state index contributed by atoms with van der Waals surface area (Å²) in [4.78, 5) is 11.2. The summed E-state index contributed by atoms with van der Waals surface area (Å²) in [5.41, 5.74) is 0.446. The number of benzene rings is 1. The Bertz CT molecular complexity index is 549. The number of para-hydroxylation sites is 1. The molecule has 0 aliphatic heterocycles. The van der Waals surface area contributed by atoms with Crippen molar-refractivity contribution in [2.24, 2.45) is 0 Å². The lowest BCUT2D eigenvalue weighted by molar-refractivity contribution is -0.142. The summed E-state index contributed by atoms with van der Waals surface area (Å²) in [5.74, 6) is -0.0577. The van der Waals surface area contributed by atoms with Crippen LogP contribution in [0.1, 0.15) is 25.2 Å². The fraction of sp³-hybridized carbons (Fsp3) is 0.308. The molecule has 0 amide bonds. The van der Waals surface area contributed by atoms with Gasteiger partial charge in [-0.05, 0) is 26.8 Å². The fourth-order valence-corrected chi connectivity index (χ4v) is 1.80. The van der Waals surface area contributed by atoms with E-state index in [1.165, 1.54) is 0 Å². The van der Waals surface area contributed by atoms with Gasteiger partial charge >= 0.3 is 5.97 Å². The maximum Gasteiger partial charge on any atom is 0.313 e. The van der Waals surface area contributed by atoms with Gasteiger partial charge < -0.3 is 9.52 Å². The molecule has 2 rings (SSSR count). The number of fused-ring (bicyclic) bond motifs is 1. The third-order valence-corrected chi connectivity index (χ3v) is 2.88. The Labute approximate surface area is 93.7 Å². The smallest absolute Gasteiger partial charge is 0.313 e. The molecule has 0 spiro atoms. The molecule has 2 aromatic rings. The van der Waals surface area contributed by atoms with Crippen LogP contribution in [0.5, 0.6) is 0 Å². The molecule has 0 aliphatic rings. The van der Waals surface area contributed by atoms with Crippen LogP contribution in [0.2, 0.25) is 0 Å². The van der Waals surface area contributed by atoms with Crippen molar-refractivity contribution < 1.29 is 14.3 Å². The van der Waals surface area contributed by atoms with Gasteiger partial charge in [-0.25, -0.2) is 0 Å². The van der Waals surface area contributed by atoms with Gasteiger partial charge in [0.2, 0.25) is 0 Å². The summed E-state index contributed by atoms with van der Waals surface area (Å²) in [5, 5.41) is 10.2. The molecule has 16 heavy (non-hydrogen) atoms. The molecule has 3 nitrogen and oxygen atoms in total. The number of rotatable bonds is 2. The average Bonchev–Trinajstić information content (AvgIpc) is 2.56. The van der Waals surface area contributed by atoms with Gasteiger partial charge in [0.1, 0.15) is 11.3 Å². The Balaban J connectivity index is 2.73. The van der Waals surface area contributed by atoms with Crippen LogP contribution in [0.3, 0.4) is 0 Å². The van der Waals surface area contributed by atoms with E-state index in [9.17, 15) is 9.90 Å². The molecule has 0 bridgehead atoms. The molecule has 1 heterocycles. The highest BCUT2D eigenvalue weighted by molar-refractivity contribution is 5.89. The predicted molar refractivity (Wildman–Crippen MR) is 61.6 cm³/mol. The minimum absolute atomic E-state index is 0.674. The van der Waals surface area contributed by atoms with Gasteiger partial charge in [0, 0.05) is 10.9 Å². The van der Waals surface area contributed by atoms with Crippen LogP contribution in [0.15, 0.2) is 28.7 Å². The molecule has 0 saturated heterocycles. The SMILES string of the molecule is Cc1cc2cccc(C(C)(C)C(=O)O)c2o1. The van der Waals surface area contributed by atoms with Gasteiger partial charge in [0.15, 0.2) is 0 Å². The van der Waals surface area contributed by atoms with E-state index < -0.39 is 11.4 Å². The first-order valence-electron chi connectivity index (χ1n) is 5.16. The van der Waals surface area contributed by atoms with Crippen molar-refractivity contribution in [1.82, 2.24) is 0 Å². The highest BCUT2D eigenvalue weighted by Gasteiger charge is 2.32. The Morgan fingerprint density at radius 3 is 2.69 bits per heavy atom. The van der Waals surface area contributed by atoms with E-state index in [4.69, 9.17) is 4.42 Å². The van der Waals surface area contributed by atoms with E-state index >= 15 is 0 Å². The van der Waals surface area contributed by atoms with Gasteiger partial charge in [0.25, 0.3) is 0 Å². The van der Waals surface area contributed by atoms with E-state index in [1.807, 2.05) is 25.1 Å². The molecule has 1 aromatic heterocycles. The van der Waals surface area contributed by atoms with E-state index in [0.717, 1.165) is 11.1 Å². The summed E-state index contributed by atoms with van der Waals surface area (Å²) in [6.07, 6.45) is 0. The number of carboxylic acid groups (broad SMARTS) is 1. The molecule has 1 N–H and O–H groups in total. The summed E-state index contributed by atoms with van der Waals surface area (Å²) >= 11 is 0. The molecule has 0 fully saturated rings. The van der Waals surface area contributed by atoms with Crippen molar-refractivity contribution in [3.05, 3.63) is 35.6 Å². The van der Waals surface area contributed by atoms with E-state index in [0.29, 0.717) is 11.1 Å². The van der Waals surface area contributed by atoms with Crippen molar-refractivity contribution in [2.45, 2.75) is 26.2 Å². The maximum atomic E-state index is 11.2. The normalized spacial score (nSPS) is 11.9. The van der Waals surface area contributed by atoms with Crippen LogP contribution >= 0.6 is 0 Å². The molecule has 3 heteroatoms. The van der Waals surface area contributed by atoms with Gasteiger partial charge in [-0.3, -0.25) is 4.79 Å². The Hall–Kier alpha value is -1.77. The van der Waals surface area contributed by atoms with E-state index in [-0.39, 0.29) is 0 Å². The molecule has 84 valence electrons. The zero-order valence-electron chi connectivity index (χ0n) is 9.57. The van der Waals surface area contributed by atoms with Crippen LogP contribution in [-0.4, -0.2) is 11.1 Å². The van der Waals surface area contributed by atoms with Crippen LogP contribution in [0.25, 0.3) is 11.0 Å². The summed E-state index contributed by atoms with van der Waals surface area (Å²) in [7, 11) is 0. The summed E-state index contributed by atoms with van der Waals surface area (Å²) < 4.78 is 5.57. The van der Waals surface area contributed by atoms with Crippen molar-refractivity contribution in [3.63, 3.8) is 0 Å². The molecule has 1 aromatic carbocycles. The van der Waals surface area contributed by atoms with Crippen LogP contribution in [0, 0.1) is 6.92 Å². The van der Waals surface area contributed by atoms with Crippen molar-refractivity contribution in [3.8, 4) is 0 Å². The number of furan rings is 1. The molecule has 0 radical (unpaired) electrons. The summed E-state index contributed by atoms with van der Waals surface area (Å²) in [6.45, 7) is 5.22. The lowest BCUT2D eigenvalue weighted by Gasteiger charge is -2.19. The first kappa shape index (κ1) is 10.7. The van der Waals surface area contributed by atoms with Crippen LogP contribution in [0.4, 0.5) is 0 Å². The van der Waals surface area contributed by atoms with Gasteiger partial charge in [0.05, 0.1) is 5.41 Å². The highest BCUT2D eigenvalue weighted by atomic mass is 16.4. The van der Waals surface area contributed by atoms with Gasteiger partial charge in [-0.1, -0.05) is 18.2 Å². The Morgan fingerprint density at radius 1 is 1.38 bits per heavy atom. The molecular weight excluding hydrogens is 204 g/mol. The van der Waals surface area contributed by atoms with Crippen molar-refractivity contribution in [2.75, 3.05) is 0 Å². The van der Waals surface area contributed by atoms with Crippen molar-refractivity contribution >= 4 is 16.9 Å². The third kappa shape index (κ3) is 1.48. The second-order valence-electron chi connectivity index (χ2n) is 4.51. The largest absolute Gasteiger partial charge is 0.481 e. The second-order valence-corrected chi connectivity index (χ2v) is 4.51. The van der Waals surface area contributed by atoms with Gasteiger partial charge in [-0.2, -0.15) is 0 Å². The first-order valence-corrected chi connectivity index (χ1v) is 5.16. The van der Waals surface area contributed by atoms with Gasteiger partial charge in [-0.15, -0.1) is 0 Å². The monoisotopic (exact) mass is 218 g/mol. The zero-order chi connectivity index (χ0) is 11.9. The standard InChI is InChI=1S/C13H14O3/c1-8-7-9-5-4-6-10(11(9)16-8)13(2,3)12(14)15/h4-7H,1-3H3,(H,14,15). The molecule has 0 unspecified atom stereocenters. The average molecular weight is 218 g/mol. The topological polar surface area (TPSA) is 50.4 Å². The van der Waals surface area contributed by atoms with E-state index in [2.05, 4.69) is 0 Å². The Morgan fingerprint density at radius 2 is 2.06 bits per heavy atom. The first-order chi connectivity index (χ1) is 7.43. The van der Waals surface area contributed by atoms with Crippen molar-refractivity contribution in [1.29, 1.82) is 0 Å². The number of hydrogen-bond acceptors (Lipinski definition) is 2. The lowest BCUT2D eigenvalue weighted by Crippen LogP contribution is -2.28. The van der Waals surface area contributed by atoms with Crippen LogP contribution < -0.4 is 0 Å². The van der Waals surface area contributed by atoms with E-state index in [1.54, 1.807) is 19.9 Å². The third-order valence-electron chi connectivity index (χ3n) is 2.88. The molecular formula is C13H14O3. The minimum atomic E-state index is -0.941. The quantitative estimate of drug-likeness (QED) is 0.842. The fourth-order valence-electron chi connectivity index (χ4n) is 1.80. The Kier molecular flexibility index (Phi) is 2.26. The molecule has 0 saturated carbocycles. The predicted octanol–water partition coefficient (Wildman–Crippen LogP) is 3.10. The molecule has 0 aliphatic carbocycles. The number of carboxylic acids is 1. The maximum absolute atomic E-state index is 11.2. The number of carbonyl (C=O) groups is 1. The number of hydrogen-bond donors (Lipinski definition) is 1. The minimum Gasteiger partial charge on any atom is -0.481 e. The lowest BCUT2D eigenvalue weighted by atomic mass is 9.84. The number of aliphatic carboxylic acids is 1. The second kappa shape index (κ2) is 3.37. The van der Waals surface area contributed by atoms with Crippen LogP contribution in [-0.2, 0) is 10.2 Å². The number of aryl methyl sites for hydroxylation is 1. The molecule has 0 atom stereocenters. The highest BCUT2D eigenvalue weighted by Crippen LogP contribution is 2.32.